The maximum absolute atomic E-state index is 12.4. The third-order valence-corrected chi connectivity index (χ3v) is 5.06. The van der Waals surface area contributed by atoms with Gasteiger partial charge in [-0.1, -0.05) is 26.0 Å². The first-order valence-electron chi connectivity index (χ1n) is 8.09. The molecule has 2 heterocycles. The Morgan fingerprint density at radius 3 is 2.83 bits per heavy atom. The zero-order valence-electron chi connectivity index (χ0n) is 14.2. The lowest BCUT2D eigenvalue weighted by molar-refractivity contribution is -0.130. The minimum Gasteiger partial charge on any atom is -0.486 e. The molecule has 0 bridgehead atoms. The first kappa shape index (κ1) is 16.8. The average Bonchev–Trinajstić information content (AvgIpc) is 3.03. The third kappa shape index (κ3) is 3.87. The summed E-state index contributed by atoms with van der Waals surface area (Å²) < 4.78 is 11.6. The molecule has 0 radical (unpaired) electrons. The van der Waals surface area contributed by atoms with Gasteiger partial charge in [-0.3, -0.25) is 4.79 Å². The quantitative estimate of drug-likeness (QED) is 0.835. The Hall–Kier alpha value is -2.08. The van der Waals surface area contributed by atoms with Crippen molar-refractivity contribution in [2.45, 2.75) is 32.3 Å². The van der Waals surface area contributed by atoms with Crippen LogP contribution < -0.4 is 9.47 Å². The van der Waals surface area contributed by atoms with E-state index in [1.807, 2.05) is 29.6 Å². The Labute approximate surface area is 146 Å². The molecule has 1 amide bonds. The standard InChI is InChI=1S/C18H22N2O3S/c1-12(2)18-19-13(11-24-18)8-17(21)20(3)9-14-10-22-15-6-4-5-7-16(15)23-14/h4-7,11-12,14H,8-10H2,1-3H3. The Morgan fingerprint density at radius 2 is 2.12 bits per heavy atom. The van der Waals surface area contributed by atoms with E-state index in [9.17, 15) is 4.79 Å². The molecule has 1 aromatic heterocycles. The fourth-order valence-corrected chi connectivity index (χ4v) is 3.35. The van der Waals surface area contributed by atoms with Gasteiger partial charge < -0.3 is 14.4 Å². The van der Waals surface area contributed by atoms with Crippen molar-refractivity contribution in [3.05, 3.63) is 40.3 Å². The molecule has 0 spiro atoms. The number of rotatable bonds is 5. The molecular weight excluding hydrogens is 324 g/mol. The summed E-state index contributed by atoms with van der Waals surface area (Å²) in [6.07, 6.45) is 0.166. The Morgan fingerprint density at radius 1 is 1.38 bits per heavy atom. The van der Waals surface area contributed by atoms with Crippen LogP contribution >= 0.6 is 11.3 Å². The monoisotopic (exact) mass is 346 g/mol. The number of carbonyl (C=O) groups excluding carboxylic acids is 1. The molecule has 3 rings (SSSR count). The van der Waals surface area contributed by atoms with Crippen LogP contribution in [0.25, 0.3) is 0 Å². The van der Waals surface area contributed by atoms with Crippen molar-refractivity contribution in [1.82, 2.24) is 9.88 Å². The Kier molecular flexibility index (Phi) is 5.04. The minimum atomic E-state index is -0.157. The molecule has 0 N–H and O–H groups in total. The van der Waals surface area contributed by atoms with Crippen LogP contribution in [-0.4, -0.2) is 42.1 Å². The van der Waals surface area contributed by atoms with E-state index in [1.165, 1.54) is 0 Å². The summed E-state index contributed by atoms with van der Waals surface area (Å²) in [5, 5.41) is 3.04. The van der Waals surface area contributed by atoms with Crippen molar-refractivity contribution in [2.75, 3.05) is 20.2 Å². The van der Waals surface area contributed by atoms with Crippen LogP contribution in [0.2, 0.25) is 0 Å². The van der Waals surface area contributed by atoms with Gasteiger partial charge in [-0.05, 0) is 12.1 Å². The number of aromatic nitrogens is 1. The summed E-state index contributed by atoms with van der Waals surface area (Å²) in [5.74, 6) is 1.92. The number of nitrogens with zero attached hydrogens (tertiary/aromatic N) is 2. The highest BCUT2D eigenvalue weighted by Crippen LogP contribution is 2.31. The normalized spacial score (nSPS) is 16.2. The zero-order valence-corrected chi connectivity index (χ0v) is 15.0. The van der Waals surface area contributed by atoms with Crippen LogP contribution in [0.4, 0.5) is 0 Å². The zero-order chi connectivity index (χ0) is 17.1. The second kappa shape index (κ2) is 7.21. The molecule has 6 heteroatoms. The lowest BCUT2D eigenvalue weighted by Gasteiger charge is -2.29. The topological polar surface area (TPSA) is 51.7 Å². The van der Waals surface area contributed by atoms with Crippen molar-refractivity contribution in [1.29, 1.82) is 0 Å². The Bertz CT molecular complexity index is 714. The minimum absolute atomic E-state index is 0.0399. The summed E-state index contributed by atoms with van der Waals surface area (Å²) in [4.78, 5) is 18.6. The number of hydrogen-bond acceptors (Lipinski definition) is 5. The third-order valence-electron chi connectivity index (χ3n) is 3.87. The van der Waals surface area contributed by atoms with E-state index in [2.05, 4.69) is 18.8 Å². The molecule has 0 saturated heterocycles. The lowest BCUT2D eigenvalue weighted by Crippen LogP contribution is -2.42. The van der Waals surface area contributed by atoms with Gasteiger partial charge in [0, 0.05) is 18.3 Å². The van der Waals surface area contributed by atoms with Crippen molar-refractivity contribution in [3.8, 4) is 11.5 Å². The van der Waals surface area contributed by atoms with Crippen molar-refractivity contribution >= 4 is 17.2 Å². The van der Waals surface area contributed by atoms with E-state index in [4.69, 9.17) is 9.47 Å². The summed E-state index contributed by atoms with van der Waals surface area (Å²) in [6.45, 7) is 5.15. The molecule has 1 atom stereocenters. The van der Waals surface area contributed by atoms with E-state index in [1.54, 1.807) is 23.3 Å². The first-order chi connectivity index (χ1) is 11.5. The molecule has 0 aliphatic carbocycles. The summed E-state index contributed by atoms with van der Waals surface area (Å²) in [6, 6.07) is 7.59. The van der Waals surface area contributed by atoms with Gasteiger partial charge in [-0.25, -0.2) is 4.98 Å². The number of carbonyl (C=O) groups is 1. The molecule has 128 valence electrons. The SMILES string of the molecule is CC(C)c1nc(CC(=O)N(C)CC2COc3ccccc3O2)cs1. The van der Waals surface area contributed by atoms with Crippen LogP contribution in [0.1, 0.15) is 30.5 Å². The van der Waals surface area contributed by atoms with E-state index < -0.39 is 0 Å². The van der Waals surface area contributed by atoms with Gasteiger partial charge in [0.15, 0.2) is 17.6 Å². The molecule has 0 saturated carbocycles. The Balaban J connectivity index is 1.54. The van der Waals surface area contributed by atoms with Gasteiger partial charge in [0.2, 0.25) is 5.91 Å². The molecular formula is C18H22N2O3S. The van der Waals surface area contributed by atoms with Gasteiger partial charge >= 0.3 is 0 Å². The largest absolute Gasteiger partial charge is 0.486 e. The average molecular weight is 346 g/mol. The number of fused-ring (bicyclic) bond motifs is 1. The molecule has 24 heavy (non-hydrogen) atoms. The second-order valence-electron chi connectivity index (χ2n) is 6.28. The van der Waals surface area contributed by atoms with Crippen molar-refractivity contribution < 1.29 is 14.3 Å². The predicted octanol–water partition coefficient (Wildman–Crippen LogP) is 3.11. The first-order valence-corrected chi connectivity index (χ1v) is 8.97. The molecule has 1 aliphatic heterocycles. The van der Waals surface area contributed by atoms with E-state index >= 15 is 0 Å². The summed E-state index contributed by atoms with van der Waals surface area (Å²) in [5.41, 5.74) is 0.840. The summed E-state index contributed by atoms with van der Waals surface area (Å²) >= 11 is 1.61. The molecule has 2 aromatic rings. The van der Waals surface area contributed by atoms with Crippen LogP contribution in [0, 0.1) is 0 Å². The maximum Gasteiger partial charge on any atom is 0.228 e. The smallest absolute Gasteiger partial charge is 0.228 e. The number of likely N-dealkylation sites (N-methyl/N-ethyl adjacent to an activating group) is 1. The van der Waals surface area contributed by atoms with Crippen LogP contribution in [0.15, 0.2) is 29.6 Å². The number of hydrogen-bond donors (Lipinski definition) is 0. The fraction of sp³-hybridized carbons (Fsp3) is 0.444. The number of benzene rings is 1. The predicted molar refractivity (Wildman–Crippen MR) is 93.9 cm³/mol. The van der Waals surface area contributed by atoms with E-state index in [0.717, 1.165) is 22.2 Å². The molecule has 1 aliphatic rings. The van der Waals surface area contributed by atoms with Crippen LogP contribution in [0.3, 0.4) is 0 Å². The lowest BCUT2D eigenvalue weighted by atomic mass is 10.2. The van der Waals surface area contributed by atoms with Crippen molar-refractivity contribution in [2.24, 2.45) is 0 Å². The molecule has 0 fully saturated rings. The van der Waals surface area contributed by atoms with Gasteiger partial charge in [-0.15, -0.1) is 11.3 Å². The van der Waals surface area contributed by atoms with Crippen molar-refractivity contribution in [3.63, 3.8) is 0 Å². The highest BCUT2D eigenvalue weighted by molar-refractivity contribution is 7.09. The fourth-order valence-electron chi connectivity index (χ4n) is 2.52. The number of para-hydroxylation sites is 2. The maximum atomic E-state index is 12.4. The highest BCUT2D eigenvalue weighted by atomic mass is 32.1. The van der Waals surface area contributed by atoms with Gasteiger partial charge in [-0.2, -0.15) is 0 Å². The van der Waals surface area contributed by atoms with E-state index in [-0.39, 0.29) is 12.0 Å². The molecule has 1 unspecified atom stereocenters. The van der Waals surface area contributed by atoms with Crippen LogP contribution in [-0.2, 0) is 11.2 Å². The number of ether oxygens (including phenoxy) is 2. The highest BCUT2D eigenvalue weighted by Gasteiger charge is 2.24. The van der Waals surface area contributed by atoms with Gasteiger partial charge in [0.25, 0.3) is 0 Å². The second-order valence-corrected chi connectivity index (χ2v) is 7.17. The molecule has 1 aromatic carbocycles. The molecule has 5 nitrogen and oxygen atoms in total. The van der Waals surface area contributed by atoms with Gasteiger partial charge in [0.05, 0.1) is 23.7 Å². The van der Waals surface area contributed by atoms with Crippen LogP contribution in [0.5, 0.6) is 11.5 Å². The number of thiazole rings is 1. The van der Waals surface area contributed by atoms with Gasteiger partial charge in [0.1, 0.15) is 6.61 Å². The summed E-state index contributed by atoms with van der Waals surface area (Å²) in [7, 11) is 1.79. The van der Waals surface area contributed by atoms with E-state index in [0.29, 0.717) is 25.5 Å². The number of amides is 1.